The molecule has 0 bridgehead atoms. The minimum Gasteiger partial charge on any atom is -0.506 e. The first kappa shape index (κ1) is 16.2. The van der Waals surface area contributed by atoms with E-state index >= 15 is 0 Å². The predicted molar refractivity (Wildman–Crippen MR) is 95.4 cm³/mol. The number of aromatic hydroxyl groups is 1. The van der Waals surface area contributed by atoms with Crippen molar-refractivity contribution in [2.75, 3.05) is 37.6 Å². The van der Waals surface area contributed by atoms with E-state index < -0.39 is 0 Å². The summed E-state index contributed by atoms with van der Waals surface area (Å²) >= 11 is 0. The number of hydrogen-bond donors (Lipinski definition) is 2. The summed E-state index contributed by atoms with van der Waals surface area (Å²) in [6, 6.07) is 11.3. The highest BCUT2D eigenvalue weighted by atomic mass is 16.3. The second-order valence-corrected chi connectivity index (χ2v) is 5.71. The Morgan fingerprint density at radius 1 is 1.17 bits per heavy atom. The fourth-order valence-electron chi connectivity index (χ4n) is 2.87. The van der Waals surface area contributed by atoms with E-state index in [1.807, 2.05) is 30.3 Å². The van der Waals surface area contributed by atoms with Crippen LogP contribution in [0.5, 0.6) is 5.75 Å². The molecule has 1 saturated heterocycles. The lowest BCUT2D eigenvalue weighted by Crippen LogP contribution is -2.52. The molecule has 0 unspecified atom stereocenters. The first-order valence-electron chi connectivity index (χ1n) is 8.36. The van der Waals surface area contributed by atoms with Gasteiger partial charge in [0.05, 0.1) is 12.0 Å². The molecule has 0 aliphatic carbocycles. The van der Waals surface area contributed by atoms with Gasteiger partial charge in [0, 0.05) is 32.7 Å². The fourth-order valence-corrected chi connectivity index (χ4v) is 2.87. The van der Waals surface area contributed by atoms with E-state index in [2.05, 4.69) is 27.0 Å². The normalized spacial score (nSPS) is 15.6. The summed E-state index contributed by atoms with van der Waals surface area (Å²) in [4.78, 5) is 9.13. The molecule has 0 radical (unpaired) electrons. The number of nitrogens with one attached hydrogen (secondary N) is 1. The average molecular weight is 328 g/mol. The molecule has 2 N–H and O–H groups in total. The highest BCUT2D eigenvalue weighted by molar-refractivity contribution is 5.80. The van der Waals surface area contributed by atoms with Crippen molar-refractivity contribution in [3.63, 3.8) is 0 Å². The van der Waals surface area contributed by atoms with E-state index in [1.165, 1.54) is 0 Å². The maximum Gasteiger partial charge on any atom is 0.194 e. The third kappa shape index (κ3) is 3.82. The van der Waals surface area contributed by atoms with Crippen molar-refractivity contribution < 1.29 is 9.52 Å². The molecule has 128 valence electrons. The highest BCUT2D eigenvalue weighted by Crippen LogP contribution is 2.27. The summed E-state index contributed by atoms with van der Waals surface area (Å²) in [5, 5.41) is 13.4. The molecule has 0 amide bonds. The summed E-state index contributed by atoms with van der Waals surface area (Å²) in [5.74, 6) is 2.11. The number of phenolic OH excluding ortho intramolecular Hbond substituents is 1. The van der Waals surface area contributed by atoms with Gasteiger partial charge in [0.15, 0.2) is 5.96 Å². The molecule has 0 saturated carbocycles. The largest absolute Gasteiger partial charge is 0.506 e. The molecule has 1 fully saturated rings. The highest BCUT2D eigenvalue weighted by Gasteiger charge is 2.21. The Morgan fingerprint density at radius 2 is 1.96 bits per heavy atom. The fraction of sp³-hybridized carbons (Fsp3) is 0.389. The van der Waals surface area contributed by atoms with Crippen LogP contribution >= 0.6 is 0 Å². The molecular formula is C18H24N4O2. The molecule has 6 nitrogen and oxygen atoms in total. The predicted octanol–water partition coefficient (Wildman–Crippen LogP) is 2.27. The van der Waals surface area contributed by atoms with Crippen LogP contribution in [0.1, 0.15) is 12.7 Å². The van der Waals surface area contributed by atoms with Crippen LogP contribution in [0, 0.1) is 0 Å². The first-order valence-corrected chi connectivity index (χ1v) is 8.36. The van der Waals surface area contributed by atoms with Gasteiger partial charge in [-0.1, -0.05) is 12.1 Å². The lowest BCUT2D eigenvalue weighted by atomic mass is 10.2. The molecule has 2 heterocycles. The molecular weight excluding hydrogens is 304 g/mol. The van der Waals surface area contributed by atoms with Gasteiger partial charge in [0.1, 0.15) is 18.1 Å². The van der Waals surface area contributed by atoms with Crippen molar-refractivity contribution >= 4 is 11.6 Å². The molecule has 24 heavy (non-hydrogen) atoms. The Morgan fingerprint density at radius 3 is 2.62 bits per heavy atom. The topological polar surface area (TPSA) is 64.2 Å². The number of nitrogens with zero attached hydrogens (tertiary/aromatic N) is 3. The Kier molecular flexibility index (Phi) is 5.25. The summed E-state index contributed by atoms with van der Waals surface area (Å²) in [7, 11) is 0. The SMILES string of the molecule is CCNC(=NCc1ccco1)N1CCN(c2ccccc2O)CC1. The lowest BCUT2D eigenvalue weighted by molar-refractivity contribution is 0.369. The smallest absolute Gasteiger partial charge is 0.194 e. The van der Waals surface area contributed by atoms with Gasteiger partial charge in [-0.2, -0.15) is 0 Å². The number of rotatable bonds is 4. The average Bonchev–Trinajstić information content (AvgIpc) is 3.13. The van der Waals surface area contributed by atoms with E-state index in [-0.39, 0.29) is 0 Å². The van der Waals surface area contributed by atoms with Crippen molar-refractivity contribution in [2.24, 2.45) is 4.99 Å². The first-order chi connectivity index (χ1) is 11.8. The quantitative estimate of drug-likeness (QED) is 0.666. The third-order valence-electron chi connectivity index (χ3n) is 4.10. The van der Waals surface area contributed by atoms with Gasteiger partial charge in [-0.15, -0.1) is 0 Å². The second-order valence-electron chi connectivity index (χ2n) is 5.71. The third-order valence-corrected chi connectivity index (χ3v) is 4.10. The van der Waals surface area contributed by atoms with Gasteiger partial charge < -0.3 is 24.6 Å². The number of guanidine groups is 1. The Balaban J connectivity index is 1.63. The van der Waals surface area contributed by atoms with Gasteiger partial charge in [-0.25, -0.2) is 4.99 Å². The Bertz CT molecular complexity index is 661. The van der Waals surface area contributed by atoms with Crippen LogP contribution in [0.2, 0.25) is 0 Å². The number of phenols is 1. The molecule has 0 spiro atoms. The Hall–Kier alpha value is -2.63. The van der Waals surface area contributed by atoms with Gasteiger partial charge >= 0.3 is 0 Å². The van der Waals surface area contributed by atoms with E-state index in [0.29, 0.717) is 12.3 Å². The minimum atomic E-state index is 0.337. The van der Waals surface area contributed by atoms with E-state index in [4.69, 9.17) is 4.42 Å². The molecule has 1 aliphatic rings. The second kappa shape index (κ2) is 7.77. The molecule has 1 aliphatic heterocycles. The van der Waals surface area contributed by atoms with Crippen molar-refractivity contribution in [1.29, 1.82) is 0 Å². The number of anilines is 1. The minimum absolute atomic E-state index is 0.337. The van der Waals surface area contributed by atoms with Gasteiger partial charge in [0.2, 0.25) is 0 Å². The van der Waals surface area contributed by atoms with Crippen LogP contribution in [0.3, 0.4) is 0 Å². The van der Waals surface area contributed by atoms with Gasteiger partial charge in [-0.3, -0.25) is 0 Å². The van der Waals surface area contributed by atoms with Crippen molar-refractivity contribution in [1.82, 2.24) is 10.2 Å². The van der Waals surface area contributed by atoms with Crippen LogP contribution in [0.25, 0.3) is 0 Å². The van der Waals surface area contributed by atoms with Crippen molar-refractivity contribution in [3.05, 3.63) is 48.4 Å². The Labute approximate surface area is 142 Å². The van der Waals surface area contributed by atoms with Crippen LogP contribution in [0.15, 0.2) is 52.1 Å². The zero-order valence-corrected chi connectivity index (χ0v) is 14.0. The van der Waals surface area contributed by atoms with Crippen LogP contribution in [0.4, 0.5) is 5.69 Å². The summed E-state index contributed by atoms with van der Waals surface area (Å²) in [6.07, 6.45) is 1.67. The molecule has 1 aromatic heterocycles. The molecule has 1 aromatic carbocycles. The van der Waals surface area contributed by atoms with Gasteiger partial charge in [0.25, 0.3) is 0 Å². The summed E-state index contributed by atoms with van der Waals surface area (Å²) in [5.41, 5.74) is 0.898. The van der Waals surface area contributed by atoms with Crippen LogP contribution < -0.4 is 10.2 Å². The zero-order chi connectivity index (χ0) is 16.8. The lowest BCUT2D eigenvalue weighted by Gasteiger charge is -2.37. The molecule has 2 aromatic rings. The van der Waals surface area contributed by atoms with E-state index in [0.717, 1.165) is 50.1 Å². The molecule has 3 rings (SSSR count). The standard InChI is InChI=1S/C18H24N4O2/c1-2-19-18(20-14-15-6-5-13-24-15)22-11-9-21(10-12-22)16-7-3-4-8-17(16)23/h3-8,13,23H,2,9-12,14H2,1H3,(H,19,20). The number of aliphatic imine (C=N–C) groups is 1. The molecule has 0 atom stereocenters. The van der Waals surface area contributed by atoms with Crippen LogP contribution in [-0.2, 0) is 6.54 Å². The zero-order valence-electron chi connectivity index (χ0n) is 14.0. The maximum absolute atomic E-state index is 10.0. The van der Waals surface area contributed by atoms with Crippen LogP contribution in [-0.4, -0.2) is 48.7 Å². The summed E-state index contributed by atoms with van der Waals surface area (Å²) < 4.78 is 5.35. The van der Waals surface area contributed by atoms with Crippen molar-refractivity contribution in [3.8, 4) is 5.75 Å². The number of piperazine rings is 1. The number of furan rings is 1. The summed E-state index contributed by atoms with van der Waals surface area (Å²) in [6.45, 7) is 6.86. The van der Waals surface area contributed by atoms with Crippen molar-refractivity contribution in [2.45, 2.75) is 13.5 Å². The van der Waals surface area contributed by atoms with E-state index in [9.17, 15) is 5.11 Å². The van der Waals surface area contributed by atoms with Gasteiger partial charge in [-0.05, 0) is 31.2 Å². The number of para-hydroxylation sites is 2. The monoisotopic (exact) mass is 328 g/mol. The van der Waals surface area contributed by atoms with E-state index in [1.54, 1.807) is 12.3 Å². The number of benzene rings is 1. The maximum atomic E-state index is 10.0. The molecule has 6 heteroatoms. The number of hydrogen-bond acceptors (Lipinski definition) is 4.